The monoisotopic (exact) mass is 365 g/mol. The average molecular weight is 366 g/mol. The molecule has 0 unspecified atom stereocenters. The van der Waals surface area contributed by atoms with Crippen molar-refractivity contribution in [3.05, 3.63) is 28.7 Å². The Hall–Kier alpha value is -1.40. The first kappa shape index (κ1) is 15.5. The normalized spacial score (nSPS) is 27.7. The Labute approximate surface area is 138 Å². The van der Waals surface area contributed by atoms with Crippen LogP contribution in [-0.2, 0) is 9.59 Å². The molecule has 2 aliphatic rings. The van der Waals surface area contributed by atoms with Crippen LogP contribution in [0.4, 0.5) is 5.69 Å². The van der Waals surface area contributed by atoms with Crippen LogP contribution in [-0.4, -0.2) is 29.9 Å². The van der Waals surface area contributed by atoms with Crippen molar-refractivity contribution in [2.45, 2.75) is 50.2 Å². The summed E-state index contributed by atoms with van der Waals surface area (Å²) in [5, 5.41) is 9.24. The van der Waals surface area contributed by atoms with Crippen molar-refractivity contribution >= 4 is 33.4 Å². The van der Waals surface area contributed by atoms with Crippen molar-refractivity contribution in [1.82, 2.24) is 10.6 Å². The van der Waals surface area contributed by atoms with Gasteiger partial charge in [0.2, 0.25) is 11.8 Å². The van der Waals surface area contributed by atoms with Crippen LogP contribution >= 0.6 is 15.9 Å². The standard InChI is InChI=1S/C16H20BrN3O2/c17-10-5-7-11(8-6-10)18-15(21)9-14-16(22)20-13-4-2-1-3-12(13)19-14/h5-8,12-14,19H,1-4,9H2,(H,18,21)(H,20,22)/t12-,13+,14-/m1/s1. The number of carbonyl (C=O) groups is 2. The third-order valence-electron chi connectivity index (χ3n) is 4.34. The third-order valence-corrected chi connectivity index (χ3v) is 4.87. The van der Waals surface area contributed by atoms with Gasteiger partial charge in [0, 0.05) is 22.2 Å². The topological polar surface area (TPSA) is 70.2 Å². The molecule has 1 saturated carbocycles. The quantitative estimate of drug-likeness (QED) is 0.768. The van der Waals surface area contributed by atoms with E-state index in [1.807, 2.05) is 24.3 Å². The van der Waals surface area contributed by atoms with E-state index in [-0.39, 0.29) is 24.3 Å². The Morgan fingerprint density at radius 1 is 1.18 bits per heavy atom. The van der Waals surface area contributed by atoms with Gasteiger partial charge in [0.15, 0.2) is 0 Å². The maximum atomic E-state index is 12.1. The first-order valence-electron chi connectivity index (χ1n) is 7.73. The van der Waals surface area contributed by atoms with Crippen LogP contribution < -0.4 is 16.0 Å². The van der Waals surface area contributed by atoms with Gasteiger partial charge in [-0.05, 0) is 37.1 Å². The molecule has 3 rings (SSSR count). The molecule has 0 bridgehead atoms. The van der Waals surface area contributed by atoms with Gasteiger partial charge in [-0.3, -0.25) is 9.59 Å². The number of anilines is 1. The number of hydrogen-bond donors (Lipinski definition) is 3. The van der Waals surface area contributed by atoms with E-state index in [9.17, 15) is 9.59 Å². The number of benzene rings is 1. The van der Waals surface area contributed by atoms with E-state index in [2.05, 4.69) is 31.9 Å². The molecule has 1 aromatic carbocycles. The first-order valence-corrected chi connectivity index (χ1v) is 8.53. The lowest BCUT2D eigenvalue weighted by molar-refractivity contribution is -0.129. The van der Waals surface area contributed by atoms with Crippen LogP contribution in [0.15, 0.2) is 28.7 Å². The van der Waals surface area contributed by atoms with Crippen molar-refractivity contribution in [2.24, 2.45) is 0 Å². The first-order chi connectivity index (χ1) is 10.6. The summed E-state index contributed by atoms with van der Waals surface area (Å²) in [5.41, 5.74) is 0.736. The van der Waals surface area contributed by atoms with Gasteiger partial charge in [0.25, 0.3) is 0 Å². The number of nitrogens with one attached hydrogen (secondary N) is 3. The van der Waals surface area contributed by atoms with E-state index in [1.165, 1.54) is 6.42 Å². The highest BCUT2D eigenvalue weighted by Crippen LogP contribution is 2.22. The van der Waals surface area contributed by atoms with E-state index < -0.39 is 6.04 Å². The summed E-state index contributed by atoms with van der Waals surface area (Å²) < 4.78 is 0.960. The van der Waals surface area contributed by atoms with E-state index in [4.69, 9.17) is 0 Å². The highest BCUT2D eigenvalue weighted by Gasteiger charge is 2.36. The molecule has 1 heterocycles. The number of fused-ring (bicyclic) bond motifs is 1. The summed E-state index contributed by atoms with van der Waals surface area (Å²) in [6.45, 7) is 0. The van der Waals surface area contributed by atoms with Gasteiger partial charge in [0.1, 0.15) is 0 Å². The van der Waals surface area contributed by atoms with Crippen LogP contribution in [0.5, 0.6) is 0 Å². The maximum Gasteiger partial charge on any atom is 0.237 e. The molecule has 1 aliphatic heterocycles. The molecular weight excluding hydrogens is 346 g/mol. The smallest absolute Gasteiger partial charge is 0.237 e. The minimum absolute atomic E-state index is 0.0610. The molecule has 22 heavy (non-hydrogen) atoms. The van der Waals surface area contributed by atoms with Gasteiger partial charge < -0.3 is 16.0 Å². The van der Waals surface area contributed by atoms with Crippen molar-refractivity contribution in [1.29, 1.82) is 0 Å². The molecule has 0 spiro atoms. The number of carbonyl (C=O) groups excluding carboxylic acids is 2. The number of halogens is 1. The second-order valence-corrected chi connectivity index (χ2v) is 6.90. The molecule has 1 saturated heterocycles. The average Bonchev–Trinajstić information content (AvgIpc) is 2.50. The summed E-state index contributed by atoms with van der Waals surface area (Å²) in [4.78, 5) is 24.3. The van der Waals surface area contributed by atoms with Gasteiger partial charge in [-0.1, -0.05) is 28.8 Å². The molecular formula is C16H20BrN3O2. The minimum Gasteiger partial charge on any atom is -0.350 e. The van der Waals surface area contributed by atoms with Gasteiger partial charge in [-0.2, -0.15) is 0 Å². The van der Waals surface area contributed by atoms with E-state index >= 15 is 0 Å². The van der Waals surface area contributed by atoms with E-state index in [0.29, 0.717) is 6.04 Å². The summed E-state index contributed by atoms with van der Waals surface area (Å²) in [5.74, 6) is -0.210. The molecule has 1 aliphatic carbocycles. The highest BCUT2D eigenvalue weighted by molar-refractivity contribution is 9.10. The van der Waals surface area contributed by atoms with Crippen LogP contribution in [0, 0.1) is 0 Å². The largest absolute Gasteiger partial charge is 0.350 e. The summed E-state index contributed by atoms with van der Waals surface area (Å²) in [6.07, 6.45) is 4.60. The zero-order valence-corrected chi connectivity index (χ0v) is 13.9. The van der Waals surface area contributed by atoms with Crippen LogP contribution in [0.3, 0.4) is 0 Å². The summed E-state index contributed by atoms with van der Waals surface area (Å²) in [7, 11) is 0. The zero-order valence-electron chi connectivity index (χ0n) is 12.3. The lowest BCUT2D eigenvalue weighted by atomic mass is 9.87. The van der Waals surface area contributed by atoms with Crippen molar-refractivity contribution < 1.29 is 9.59 Å². The lowest BCUT2D eigenvalue weighted by Crippen LogP contribution is -2.65. The zero-order chi connectivity index (χ0) is 15.5. The maximum absolute atomic E-state index is 12.1. The fourth-order valence-corrected chi connectivity index (χ4v) is 3.47. The number of hydrogen-bond acceptors (Lipinski definition) is 3. The molecule has 5 nitrogen and oxygen atoms in total. The fourth-order valence-electron chi connectivity index (χ4n) is 3.20. The Bertz CT molecular complexity index is 561. The molecule has 2 fully saturated rings. The minimum atomic E-state index is -0.435. The number of rotatable bonds is 3. The molecule has 3 N–H and O–H groups in total. The Morgan fingerprint density at radius 2 is 1.86 bits per heavy atom. The van der Waals surface area contributed by atoms with Crippen molar-refractivity contribution in [3.63, 3.8) is 0 Å². The molecule has 0 radical (unpaired) electrons. The molecule has 3 atom stereocenters. The van der Waals surface area contributed by atoms with Crippen LogP contribution in [0.1, 0.15) is 32.1 Å². The highest BCUT2D eigenvalue weighted by atomic mass is 79.9. The summed E-state index contributed by atoms with van der Waals surface area (Å²) >= 11 is 3.36. The predicted molar refractivity (Wildman–Crippen MR) is 88.5 cm³/mol. The van der Waals surface area contributed by atoms with Crippen LogP contribution in [0.25, 0.3) is 0 Å². The lowest BCUT2D eigenvalue weighted by Gasteiger charge is -2.40. The molecule has 6 heteroatoms. The molecule has 2 amide bonds. The molecule has 118 valence electrons. The second kappa shape index (κ2) is 6.79. The Morgan fingerprint density at radius 3 is 2.59 bits per heavy atom. The number of piperazine rings is 1. The van der Waals surface area contributed by atoms with Crippen LogP contribution in [0.2, 0.25) is 0 Å². The van der Waals surface area contributed by atoms with Crippen molar-refractivity contribution in [3.8, 4) is 0 Å². The number of amides is 2. The Kier molecular flexibility index (Phi) is 4.78. The SMILES string of the molecule is O=C(C[C@H]1N[C@@H]2CCCC[C@@H]2NC1=O)Nc1ccc(Br)cc1. The molecule has 1 aromatic rings. The van der Waals surface area contributed by atoms with Gasteiger partial charge >= 0.3 is 0 Å². The summed E-state index contributed by atoms with van der Waals surface area (Å²) in [6, 6.07) is 7.49. The second-order valence-electron chi connectivity index (χ2n) is 5.98. The molecule has 0 aromatic heterocycles. The van der Waals surface area contributed by atoms with E-state index in [0.717, 1.165) is 29.4 Å². The Balaban J connectivity index is 1.56. The van der Waals surface area contributed by atoms with E-state index in [1.54, 1.807) is 0 Å². The predicted octanol–water partition coefficient (Wildman–Crippen LogP) is 2.18. The third kappa shape index (κ3) is 3.67. The fraction of sp³-hybridized carbons (Fsp3) is 0.500. The van der Waals surface area contributed by atoms with Gasteiger partial charge in [0.05, 0.1) is 12.5 Å². The van der Waals surface area contributed by atoms with Gasteiger partial charge in [-0.25, -0.2) is 0 Å². The van der Waals surface area contributed by atoms with Crippen molar-refractivity contribution in [2.75, 3.05) is 5.32 Å². The van der Waals surface area contributed by atoms with Gasteiger partial charge in [-0.15, -0.1) is 0 Å².